The van der Waals surface area contributed by atoms with Crippen LogP contribution >= 0.6 is 0 Å². The van der Waals surface area contributed by atoms with Crippen LogP contribution in [0.2, 0.25) is 0 Å². The van der Waals surface area contributed by atoms with E-state index in [0.717, 1.165) is 37.2 Å². The maximum absolute atomic E-state index is 12.6. The Morgan fingerprint density at radius 3 is 1.96 bits per heavy atom. The molecule has 2 rings (SSSR count). The number of carbonyl (C=O) groups is 2. The van der Waals surface area contributed by atoms with Gasteiger partial charge in [0.2, 0.25) is 0 Å². The Labute approximate surface area is 161 Å². The van der Waals surface area contributed by atoms with Gasteiger partial charge in [0.25, 0.3) is 11.8 Å². The summed E-state index contributed by atoms with van der Waals surface area (Å²) in [6.45, 7) is 6.05. The first kappa shape index (κ1) is 20.5. The van der Waals surface area contributed by atoms with Crippen LogP contribution in [-0.2, 0) is 6.54 Å². The van der Waals surface area contributed by atoms with Crippen molar-refractivity contribution in [3.05, 3.63) is 65.2 Å². The van der Waals surface area contributed by atoms with Crippen LogP contribution in [0.25, 0.3) is 0 Å². The summed E-state index contributed by atoms with van der Waals surface area (Å²) < 4.78 is 5.12. The number of carbonyl (C=O) groups excluding carboxylic acids is 2. The molecule has 0 radical (unpaired) electrons. The van der Waals surface area contributed by atoms with Gasteiger partial charge in [-0.05, 0) is 54.8 Å². The van der Waals surface area contributed by atoms with Gasteiger partial charge < -0.3 is 15.0 Å². The summed E-state index contributed by atoms with van der Waals surface area (Å²) >= 11 is 0. The van der Waals surface area contributed by atoms with Crippen LogP contribution in [-0.4, -0.2) is 36.9 Å². The average molecular weight is 368 g/mol. The molecule has 0 bridgehead atoms. The first-order valence-corrected chi connectivity index (χ1v) is 9.39. The zero-order valence-corrected chi connectivity index (χ0v) is 16.3. The van der Waals surface area contributed by atoms with Gasteiger partial charge in [0.1, 0.15) is 5.75 Å². The number of methoxy groups -OCH3 is 1. The van der Waals surface area contributed by atoms with Crippen molar-refractivity contribution in [1.82, 2.24) is 10.2 Å². The van der Waals surface area contributed by atoms with E-state index in [-0.39, 0.29) is 11.8 Å². The lowest BCUT2D eigenvalue weighted by Crippen LogP contribution is -2.32. The van der Waals surface area contributed by atoms with Gasteiger partial charge in [0.05, 0.1) is 7.11 Å². The number of ether oxygens (including phenoxy) is 1. The maximum atomic E-state index is 12.6. The lowest BCUT2D eigenvalue weighted by molar-refractivity contribution is 0.0755. The van der Waals surface area contributed by atoms with E-state index >= 15 is 0 Å². The highest BCUT2D eigenvalue weighted by molar-refractivity contribution is 5.97. The van der Waals surface area contributed by atoms with Crippen molar-refractivity contribution in [2.24, 2.45) is 0 Å². The summed E-state index contributed by atoms with van der Waals surface area (Å²) in [4.78, 5) is 26.8. The minimum absolute atomic E-state index is 0.0175. The van der Waals surface area contributed by atoms with E-state index in [1.807, 2.05) is 29.2 Å². The highest BCUT2D eigenvalue weighted by atomic mass is 16.5. The van der Waals surface area contributed by atoms with E-state index in [0.29, 0.717) is 17.7 Å². The molecule has 27 heavy (non-hydrogen) atoms. The summed E-state index contributed by atoms with van der Waals surface area (Å²) in [5.74, 6) is 0.637. The molecule has 2 aromatic carbocycles. The number of hydrogen-bond acceptors (Lipinski definition) is 3. The molecule has 0 aliphatic heterocycles. The number of benzene rings is 2. The zero-order valence-electron chi connectivity index (χ0n) is 16.3. The van der Waals surface area contributed by atoms with Gasteiger partial charge in [-0.25, -0.2) is 0 Å². The third-order valence-electron chi connectivity index (χ3n) is 4.28. The topological polar surface area (TPSA) is 58.6 Å². The fourth-order valence-corrected chi connectivity index (χ4v) is 2.83. The molecule has 0 aliphatic rings. The normalized spacial score (nSPS) is 10.3. The highest BCUT2D eigenvalue weighted by Gasteiger charge is 2.15. The zero-order chi connectivity index (χ0) is 19.6. The molecule has 0 spiro atoms. The van der Waals surface area contributed by atoms with Crippen molar-refractivity contribution >= 4 is 11.8 Å². The predicted octanol–water partition coefficient (Wildman–Crippen LogP) is 3.89. The molecule has 0 aromatic heterocycles. The fraction of sp³-hybridized carbons (Fsp3) is 0.364. The molecule has 0 heterocycles. The smallest absolute Gasteiger partial charge is 0.253 e. The predicted molar refractivity (Wildman–Crippen MR) is 107 cm³/mol. The van der Waals surface area contributed by atoms with Crippen LogP contribution in [0.5, 0.6) is 5.75 Å². The number of nitrogens with zero attached hydrogens (tertiary/aromatic N) is 1. The largest absolute Gasteiger partial charge is 0.497 e. The van der Waals surface area contributed by atoms with E-state index in [2.05, 4.69) is 19.2 Å². The Hall–Kier alpha value is -2.82. The van der Waals surface area contributed by atoms with Crippen LogP contribution in [0.3, 0.4) is 0 Å². The second-order valence-corrected chi connectivity index (χ2v) is 6.40. The Bertz CT molecular complexity index is 733. The lowest BCUT2D eigenvalue weighted by Gasteiger charge is -2.21. The second kappa shape index (κ2) is 10.4. The summed E-state index contributed by atoms with van der Waals surface area (Å²) in [5.41, 5.74) is 2.15. The Balaban J connectivity index is 1.96. The molecule has 1 N–H and O–H groups in total. The van der Waals surface area contributed by atoms with Crippen molar-refractivity contribution < 1.29 is 14.3 Å². The average Bonchev–Trinajstić information content (AvgIpc) is 2.71. The summed E-state index contributed by atoms with van der Waals surface area (Å²) in [5, 5.41) is 2.89. The van der Waals surface area contributed by atoms with Crippen molar-refractivity contribution in [2.75, 3.05) is 20.2 Å². The quantitative estimate of drug-likeness (QED) is 0.730. The second-order valence-electron chi connectivity index (χ2n) is 6.40. The van der Waals surface area contributed by atoms with Gasteiger partial charge in [-0.15, -0.1) is 0 Å². The van der Waals surface area contributed by atoms with E-state index in [4.69, 9.17) is 4.74 Å². The van der Waals surface area contributed by atoms with Crippen molar-refractivity contribution in [3.63, 3.8) is 0 Å². The summed E-state index contributed by atoms with van der Waals surface area (Å²) in [6, 6.07) is 14.4. The van der Waals surface area contributed by atoms with Gasteiger partial charge in [0.15, 0.2) is 0 Å². The summed E-state index contributed by atoms with van der Waals surface area (Å²) in [7, 11) is 1.62. The Kier molecular flexibility index (Phi) is 7.86. The Morgan fingerprint density at radius 2 is 1.44 bits per heavy atom. The summed E-state index contributed by atoms with van der Waals surface area (Å²) in [6.07, 6.45) is 1.86. The van der Waals surface area contributed by atoms with Gasteiger partial charge >= 0.3 is 0 Å². The molecule has 0 aliphatic carbocycles. The van der Waals surface area contributed by atoms with Gasteiger partial charge in [-0.1, -0.05) is 26.0 Å². The van der Waals surface area contributed by atoms with E-state index in [1.54, 1.807) is 31.4 Å². The van der Waals surface area contributed by atoms with E-state index < -0.39 is 0 Å². The van der Waals surface area contributed by atoms with E-state index in [9.17, 15) is 9.59 Å². The van der Waals surface area contributed by atoms with Gasteiger partial charge in [-0.3, -0.25) is 9.59 Å². The molecular weight excluding hydrogens is 340 g/mol. The SMILES string of the molecule is CCCN(CCC)C(=O)c1ccc(C(=O)NCc2ccc(OC)cc2)cc1. The molecule has 0 unspecified atom stereocenters. The van der Waals surface area contributed by atoms with Crippen LogP contribution in [0.1, 0.15) is 53.0 Å². The molecule has 0 fully saturated rings. The molecule has 144 valence electrons. The minimum Gasteiger partial charge on any atom is -0.497 e. The Morgan fingerprint density at radius 1 is 0.889 bits per heavy atom. The van der Waals surface area contributed by atoms with Crippen LogP contribution in [0.15, 0.2) is 48.5 Å². The molecule has 2 amide bonds. The van der Waals surface area contributed by atoms with Crippen LogP contribution in [0, 0.1) is 0 Å². The fourth-order valence-electron chi connectivity index (χ4n) is 2.83. The molecule has 0 atom stereocenters. The lowest BCUT2D eigenvalue weighted by atomic mass is 10.1. The molecular formula is C22H28N2O3. The molecule has 0 saturated heterocycles. The third-order valence-corrected chi connectivity index (χ3v) is 4.28. The number of nitrogens with one attached hydrogen (secondary N) is 1. The van der Waals surface area contributed by atoms with Gasteiger partial charge in [-0.2, -0.15) is 0 Å². The number of amides is 2. The standard InChI is InChI=1S/C22H28N2O3/c1-4-14-24(15-5-2)22(26)19-10-8-18(9-11-19)21(25)23-16-17-6-12-20(27-3)13-7-17/h6-13H,4-5,14-16H2,1-3H3,(H,23,25). The van der Waals surface area contributed by atoms with Crippen LogP contribution < -0.4 is 10.1 Å². The van der Waals surface area contributed by atoms with Crippen LogP contribution in [0.4, 0.5) is 0 Å². The monoisotopic (exact) mass is 368 g/mol. The van der Waals surface area contributed by atoms with Gasteiger partial charge in [0, 0.05) is 30.8 Å². The number of rotatable bonds is 9. The first-order valence-electron chi connectivity index (χ1n) is 9.39. The maximum Gasteiger partial charge on any atom is 0.253 e. The van der Waals surface area contributed by atoms with Crippen molar-refractivity contribution in [1.29, 1.82) is 0 Å². The molecule has 5 nitrogen and oxygen atoms in total. The number of hydrogen-bond donors (Lipinski definition) is 1. The molecule has 5 heteroatoms. The first-order chi connectivity index (χ1) is 13.1. The van der Waals surface area contributed by atoms with Crippen molar-refractivity contribution in [2.45, 2.75) is 33.2 Å². The molecule has 2 aromatic rings. The highest BCUT2D eigenvalue weighted by Crippen LogP contribution is 2.12. The van der Waals surface area contributed by atoms with Crippen molar-refractivity contribution in [3.8, 4) is 5.75 Å². The van der Waals surface area contributed by atoms with E-state index in [1.165, 1.54) is 0 Å². The minimum atomic E-state index is -0.163. The molecule has 0 saturated carbocycles. The third kappa shape index (κ3) is 5.84.